The molecule has 60 heavy (non-hydrogen) atoms. The van der Waals surface area contributed by atoms with E-state index in [2.05, 4.69) is 25.9 Å². The van der Waals surface area contributed by atoms with Crippen LogP contribution in [0.1, 0.15) is 109 Å². The molecule has 0 radical (unpaired) electrons. The highest BCUT2D eigenvalue weighted by Gasteiger charge is 2.41. The van der Waals surface area contributed by atoms with Crippen LogP contribution in [0.25, 0.3) is 0 Å². The van der Waals surface area contributed by atoms with Crippen LogP contribution in [0.3, 0.4) is 0 Å². The number of benzene rings is 1. The Morgan fingerprint density at radius 3 is 2.10 bits per heavy atom. The first kappa shape index (κ1) is 48.7. The minimum atomic E-state index is -4.85. The van der Waals surface area contributed by atoms with E-state index < -0.39 is 103 Å². The molecule has 20 nitrogen and oxygen atoms in total. The molecule has 1 heterocycles. The Hall–Kier alpha value is -5.70. The van der Waals surface area contributed by atoms with E-state index in [0.717, 1.165) is 43.5 Å². The van der Waals surface area contributed by atoms with Gasteiger partial charge in [0.15, 0.2) is 0 Å². The summed E-state index contributed by atoms with van der Waals surface area (Å²) in [6, 6.07) is -1.53. The number of rotatable bonds is 19. The summed E-state index contributed by atoms with van der Waals surface area (Å²) in [5.41, 5.74) is 5.51. The second-order valence-electron chi connectivity index (χ2n) is 15.3. The number of imide groups is 3. The van der Waals surface area contributed by atoms with E-state index in [4.69, 9.17) is 5.73 Å². The van der Waals surface area contributed by atoms with Crippen LogP contribution in [0, 0.1) is 27.9 Å². The fourth-order valence-electron chi connectivity index (χ4n) is 6.57. The van der Waals surface area contributed by atoms with E-state index in [-0.39, 0.29) is 41.7 Å². The van der Waals surface area contributed by atoms with E-state index in [1.54, 1.807) is 20.8 Å². The second kappa shape index (κ2) is 22.6. The first-order valence-corrected chi connectivity index (χ1v) is 21.4. The number of hydrogen-bond donors (Lipinski definition) is 5. The number of carbonyl (C=O) groups excluding carboxylic acids is 7. The third-order valence-corrected chi connectivity index (χ3v) is 11.6. The molecule has 1 aromatic heterocycles. The maximum absolute atomic E-state index is 14.5. The molecule has 1 aliphatic rings. The summed E-state index contributed by atoms with van der Waals surface area (Å²) in [6.45, 7) is 8.75. The first-order chi connectivity index (χ1) is 28.3. The lowest BCUT2D eigenvalue weighted by molar-refractivity contribution is -0.384. The predicted octanol–water partition coefficient (Wildman–Crippen LogP) is 2.03. The van der Waals surface area contributed by atoms with Crippen molar-refractivity contribution in [1.82, 2.24) is 35.5 Å². The number of nitrogens with two attached hydrogens (primary N) is 1. The predicted molar refractivity (Wildman–Crippen MR) is 215 cm³/mol. The average Bonchev–Trinajstić information content (AvgIpc) is 3.22. The highest BCUT2D eigenvalue weighted by atomic mass is 32.2. The zero-order valence-electron chi connectivity index (χ0n) is 34.4. The van der Waals surface area contributed by atoms with Gasteiger partial charge < -0.3 is 21.7 Å². The van der Waals surface area contributed by atoms with Crippen molar-refractivity contribution in [3.8, 4) is 0 Å². The Labute approximate surface area is 348 Å². The van der Waals surface area contributed by atoms with Crippen molar-refractivity contribution in [2.45, 2.75) is 128 Å². The largest absolute Gasteiger partial charge is 0.342 e. The van der Waals surface area contributed by atoms with Gasteiger partial charge in [-0.1, -0.05) is 73.1 Å². The third-order valence-electron chi connectivity index (χ3n) is 10.2. The Bertz CT molecular complexity index is 1980. The Morgan fingerprint density at radius 2 is 1.55 bits per heavy atom. The molecule has 1 fully saturated rings. The van der Waals surface area contributed by atoms with Gasteiger partial charge in [-0.15, -0.1) is 0 Å². The maximum atomic E-state index is 14.5. The fraction of sp³-hybridized carbons (Fsp3) is 0.564. The number of hydrogen-bond acceptors (Lipinski definition) is 14. The molecule has 1 unspecified atom stereocenters. The van der Waals surface area contributed by atoms with Crippen molar-refractivity contribution >= 4 is 57.1 Å². The highest BCUT2D eigenvalue weighted by molar-refractivity contribution is 7.90. The van der Waals surface area contributed by atoms with Gasteiger partial charge in [-0.05, 0) is 49.1 Å². The van der Waals surface area contributed by atoms with Crippen molar-refractivity contribution in [1.29, 1.82) is 0 Å². The van der Waals surface area contributed by atoms with Crippen LogP contribution >= 0.6 is 0 Å². The number of sulfonamides is 1. The molecule has 0 aliphatic heterocycles. The number of nitrogens with zero attached hydrogens (tertiary/aromatic N) is 4. The highest BCUT2D eigenvalue weighted by Crippen LogP contribution is 2.28. The van der Waals surface area contributed by atoms with Crippen molar-refractivity contribution in [2.24, 2.45) is 23.5 Å². The molecule has 7 amide bonds. The summed E-state index contributed by atoms with van der Waals surface area (Å²) in [6.07, 6.45) is 7.83. The van der Waals surface area contributed by atoms with E-state index in [1.165, 1.54) is 23.3 Å². The Morgan fingerprint density at radius 1 is 0.900 bits per heavy atom. The van der Waals surface area contributed by atoms with Gasteiger partial charge >= 0.3 is 11.8 Å². The number of aromatic nitrogens is 2. The van der Waals surface area contributed by atoms with Crippen LogP contribution < -0.4 is 26.4 Å². The van der Waals surface area contributed by atoms with Crippen LogP contribution in [0.5, 0.6) is 0 Å². The SMILES string of the molecule is CCC(N)CC(=O)N(C(=O)C(=O)NS(=O)(=O)c1ccc([N+](=O)[O-])cc1)C(=O)[C@H](CC1CCCCC1)NC(=O)[C@@H](NC(=O)[C@H](CC(C)C)NC(=O)c1cnccn1)[C@@H](C)CC. The second-order valence-corrected chi connectivity index (χ2v) is 17.0. The van der Waals surface area contributed by atoms with Crippen LogP contribution in [0.4, 0.5) is 5.69 Å². The summed E-state index contributed by atoms with van der Waals surface area (Å²) >= 11 is 0. The van der Waals surface area contributed by atoms with Crippen molar-refractivity contribution in [3.63, 3.8) is 0 Å². The zero-order chi connectivity index (χ0) is 44.7. The lowest BCUT2D eigenvalue weighted by atomic mass is 9.84. The van der Waals surface area contributed by atoms with Gasteiger partial charge in [-0.3, -0.25) is 48.7 Å². The minimum Gasteiger partial charge on any atom is -0.342 e. The summed E-state index contributed by atoms with van der Waals surface area (Å²) < 4.78 is 27.6. The molecule has 328 valence electrons. The smallest absolute Gasteiger partial charge is 0.326 e. The van der Waals surface area contributed by atoms with Crippen LogP contribution in [0.2, 0.25) is 0 Å². The van der Waals surface area contributed by atoms with E-state index >= 15 is 0 Å². The normalized spacial score (nSPS) is 15.7. The zero-order valence-corrected chi connectivity index (χ0v) is 35.2. The van der Waals surface area contributed by atoms with Crippen molar-refractivity contribution in [3.05, 3.63) is 58.7 Å². The molecule has 2 aromatic rings. The van der Waals surface area contributed by atoms with E-state index in [9.17, 15) is 52.1 Å². The number of non-ortho nitro benzene ring substituents is 1. The maximum Gasteiger partial charge on any atom is 0.326 e. The summed E-state index contributed by atoms with van der Waals surface area (Å²) in [4.78, 5) is 114. The van der Waals surface area contributed by atoms with Gasteiger partial charge in [-0.25, -0.2) is 23.0 Å². The topological polar surface area (TPSA) is 300 Å². The number of amides is 7. The first-order valence-electron chi connectivity index (χ1n) is 19.9. The quantitative estimate of drug-likeness (QED) is 0.0768. The molecule has 5 atom stereocenters. The van der Waals surface area contributed by atoms with Gasteiger partial charge in [0.05, 0.1) is 16.0 Å². The molecule has 0 spiro atoms. The molecule has 1 aliphatic carbocycles. The van der Waals surface area contributed by atoms with Gasteiger partial charge in [0.1, 0.15) is 23.8 Å². The van der Waals surface area contributed by atoms with E-state index in [1.807, 2.05) is 13.8 Å². The van der Waals surface area contributed by atoms with Crippen LogP contribution in [-0.2, 0) is 38.8 Å². The van der Waals surface area contributed by atoms with Gasteiger partial charge in [0, 0.05) is 37.0 Å². The number of carbonyl (C=O) groups is 7. The summed E-state index contributed by atoms with van der Waals surface area (Å²) in [5, 5.41) is 19.0. The lowest BCUT2D eigenvalue weighted by Crippen LogP contribution is -2.61. The molecule has 21 heteroatoms. The third kappa shape index (κ3) is 14.0. The molecule has 0 bridgehead atoms. The van der Waals surface area contributed by atoms with E-state index in [0.29, 0.717) is 19.3 Å². The van der Waals surface area contributed by atoms with Crippen LogP contribution in [-0.4, -0.2) is 93.7 Å². The molecule has 6 N–H and O–H groups in total. The molecule has 1 saturated carbocycles. The summed E-state index contributed by atoms with van der Waals surface area (Å²) in [5.74, 6) is -9.35. The number of nitrogens with one attached hydrogen (secondary N) is 4. The molecular weight excluding hydrogens is 803 g/mol. The van der Waals surface area contributed by atoms with Gasteiger partial charge in [0.2, 0.25) is 17.7 Å². The minimum absolute atomic E-state index is 0.0124. The number of nitro groups is 1. The molecule has 0 saturated heterocycles. The fourth-order valence-corrected chi connectivity index (χ4v) is 7.52. The van der Waals surface area contributed by atoms with Crippen molar-refractivity contribution in [2.75, 3.05) is 0 Å². The van der Waals surface area contributed by atoms with Gasteiger partial charge in [0.25, 0.3) is 27.5 Å². The summed E-state index contributed by atoms with van der Waals surface area (Å²) in [7, 11) is -4.85. The number of nitro benzene ring substituents is 1. The average molecular weight is 858 g/mol. The Kier molecular flexibility index (Phi) is 18.3. The van der Waals surface area contributed by atoms with Crippen molar-refractivity contribution < 1.29 is 46.9 Å². The molecule has 3 rings (SSSR count). The van der Waals surface area contributed by atoms with Crippen LogP contribution in [0.15, 0.2) is 47.8 Å². The molecule has 1 aromatic carbocycles. The van der Waals surface area contributed by atoms with Gasteiger partial charge in [-0.2, -0.15) is 0 Å². The Balaban J connectivity index is 1.98. The molecular formula is C39H55N9O11S. The lowest BCUT2D eigenvalue weighted by Gasteiger charge is -2.32. The monoisotopic (exact) mass is 857 g/mol. The standard InChI is InChI=1S/C39H55N9O11S/c1-6-24(5)33(45-34(50)29(19-23(3)4)43-35(51)31-22-41-17-18-42-31)36(52)44-30(20-25-11-9-8-10-12-25)38(54)47(32(49)21-26(40)7-2)39(55)37(53)46-60(58,59)28-15-13-27(14-16-28)48(56)57/h13-18,22-26,29-30,33H,6-12,19-21,40H2,1-5H3,(H,43,51)(H,44,52)(H,45,50)(H,46,53)/t24-,26?,29-,30-,33-/m0/s1.